The van der Waals surface area contributed by atoms with Crippen LogP contribution in [0.4, 0.5) is 0 Å². The first kappa shape index (κ1) is 13.2. The normalized spacial score (nSPS) is 9.12. The van der Waals surface area contributed by atoms with Crippen LogP contribution in [0.2, 0.25) is 0 Å². The van der Waals surface area contributed by atoms with Crippen molar-refractivity contribution in [3.05, 3.63) is 35.4 Å². The van der Waals surface area contributed by atoms with Gasteiger partial charge in [0.1, 0.15) is 13.1 Å². The number of hydrogen-bond acceptors (Lipinski definition) is 3. The summed E-state index contributed by atoms with van der Waals surface area (Å²) < 4.78 is 0. The molecule has 5 heteroatoms. The molecule has 4 nitrogen and oxygen atoms in total. The van der Waals surface area contributed by atoms with Gasteiger partial charge in [-0.3, -0.25) is 4.79 Å². The van der Waals surface area contributed by atoms with Gasteiger partial charge < -0.3 is 4.90 Å². The second kappa shape index (κ2) is 6.67. The molecule has 0 bridgehead atoms. The van der Waals surface area contributed by atoms with E-state index in [1.165, 1.54) is 4.90 Å². The molecule has 0 N–H and O–H groups in total. The van der Waals surface area contributed by atoms with Crippen molar-refractivity contribution in [2.24, 2.45) is 0 Å². The summed E-state index contributed by atoms with van der Waals surface area (Å²) in [4.78, 5) is 13.1. The Bertz CT molecular complexity index is 454. The van der Waals surface area contributed by atoms with Crippen LogP contribution in [0.3, 0.4) is 0 Å². The molecule has 0 heterocycles. The Labute approximate surface area is 108 Å². The van der Waals surface area contributed by atoms with Crippen LogP contribution in [0.25, 0.3) is 0 Å². The lowest BCUT2D eigenvalue weighted by Gasteiger charge is -2.15. The molecule has 0 radical (unpaired) electrons. The topological polar surface area (TPSA) is 67.9 Å². The minimum absolute atomic E-state index is 0.0768. The van der Waals surface area contributed by atoms with E-state index in [4.69, 9.17) is 10.5 Å². The lowest BCUT2D eigenvalue weighted by molar-refractivity contribution is 0.0794. The van der Waals surface area contributed by atoms with Gasteiger partial charge in [-0.1, -0.05) is 28.1 Å². The first-order valence-corrected chi connectivity index (χ1v) is 6.03. The summed E-state index contributed by atoms with van der Waals surface area (Å²) in [7, 11) is 0. The maximum absolute atomic E-state index is 11.9. The molecule has 0 saturated heterocycles. The number of hydrogen-bond donors (Lipinski definition) is 0. The average molecular weight is 292 g/mol. The van der Waals surface area contributed by atoms with Gasteiger partial charge in [0.2, 0.25) is 0 Å². The second-order valence-corrected chi connectivity index (χ2v) is 3.87. The Kier molecular flexibility index (Phi) is 5.19. The van der Waals surface area contributed by atoms with Gasteiger partial charge in [0.05, 0.1) is 12.1 Å². The number of benzene rings is 1. The molecule has 0 aliphatic carbocycles. The highest BCUT2D eigenvalue weighted by atomic mass is 79.9. The van der Waals surface area contributed by atoms with Crippen LogP contribution in [-0.4, -0.2) is 23.9 Å². The number of rotatable bonds is 4. The zero-order valence-electron chi connectivity index (χ0n) is 9.06. The van der Waals surface area contributed by atoms with Crippen LogP contribution in [0, 0.1) is 22.7 Å². The van der Waals surface area contributed by atoms with Gasteiger partial charge in [0.25, 0.3) is 5.91 Å². The van der Waals surface area contributed by atoms with E-state index in [9.17, 15) is 4.79 Å². The summed E-state index contributed by atoms with van der Waals surface area (Å²) in [6.45, 7) is -0.154. The Morgan fingerprint density at radius 3 is 2.12 bits per heavy atom. The Morgan fingerprint density at radius 1 is 1.18 bits per heavy atom. The van der Waals surface area contributed by atoms with E-state index in [1.807, 2.05) is 24.3 Å². The Morgan fingerprint density at radius 2 is 1.71 bits per heavy atom. The van der Waals surface area contributed by atoms with E-state index in [0.29, 0.717) is 5.56 Å². The van der Waals surface area contributed by atoms with E-state index < -0.39 is 0 Å². The molecule has 86 valence electrons. The first-order chi connectivity index (χ1) is 8.22. The molecule has 0 atom stereocenters. The fourth-order valence-corrected chi connectivity index (χ4v) is 1.66. The van der Waals surface area contributed by atoms with E-state index >= 15 is 0 Å². The molecular formula is C12H10BrN3O. The van der Waals surface area contributed by atoms with E-state index in [0.717, 1.165) is 10.9 Å². The summed E-state index contributed by atoms with van der Waals surface area (Å²) in [5.41, 5.74) is 1.55. The number of amides is 1. The van der Waals surface area contributed by atoms with E-state index in [1.54, 1.807) is 12.1 Å². The average Bonchev–Trinajstić information content (AvgIpc) is 2.38. The predicted molar refractivity (Wildman–Crippen MR) is 66.2 cm³/mol. The van der Waals surface area contributed by atoms with Crippen molar-refractivity contribution in [2.45, 2.75) is 5.33 Å². The summed E-state index contributed by atoms with van der Waals surface area (Å²) in [6, 6.07) is 10.8. The molecule has 0 fully saturated rings. The van der Waals surface area contributed by atoms with Crippen molar-refractivity contribution in [1.82, 2.24) is 4.90 Å². The summed E-state index contributed by atoms with van der Waals surface area (Å²) in [5.74, 6) is -0.297. The van der Waals surface area contributed by atoms with Gasteiger partial charge >= 0.3 is 0 Å². The first-order valence-electron chi connectivity index (χ1n) is 4.91. The predicted octanol–water partition coefficient (Wildman–Crippen LogP) is 2.07. The highest BCUT2D eigenvalue weighted by molar-refractivity contribution is 9.08. The molecule has 0 saturated carbocycles. The second-order valence-electron chi connectivity index (χ2n) is 3.31. The number of carbonyl (C=O) groups excluding carboxylic acids is 1. The van der Waals surface area contributed by atoms with Gasteiger partial charge in [-0.15, -0.1) is 0 Å². The lowest BCUT2D eigenvalue weighted by atomic mass is 10.1. The van der Waals surface area contributed by atoms with E-state index in [2.05, 4.69) is 15.9 Å². The third-order valence-electron chi connectivity index (χ3n) is 2.17. The van der Waals surface area contributed by atoms with Gasteiger partial charge in [-0.05, 0) is 17.7 Å². The van der Waals surface area contributed by atoms with Gasteiger partial charge in [-0.25, -0.2) is 0 Å². The Hall–Kier alpha value is -1.85. The molecule has 0 unspecified atom stereocenters. The molecule has 0 spiro atoms. The highest BCUT2D eigenvalue weighted by Gasteiger charge is 2.14. The van der Waals surface area contributed by atoms with Gasteiger partial charge in [0, 0.05) is 10.9 Å². The smallest absolute Gasteiger partial charge is 0.255 e. The standard InChI is InChI=1S/C12H10BrN3O/c13-9-10-1-3-11(4-2-10)12(17)16(7-5-14)8-6-15/h1-4H,7-9H2. The lowest BCUT2D eigenvalue weighted by Crippen LogP contribution is -2.31. The molecule has 1 aromatic rings. The third kappa shape index (κ3) is 3.58. The number of halogens is 1. The monoisotopic (exact) mass is 291 g/mol. The molecule has 1 rings (SSSR count). The fourth-order valence-electron chi connectivity index (χ4n) is 1.29. The van der Waals surface area contributed by atoms with Crippen molar-refractivity contribution in [3.8, 4) is 12.1 Å². The molecule has 17 heavy (non-hydrogen) atoms. The molecular weight excluding hydrogens is 282 g/mol. The maximum atomic E-state index is 11.9. The Balaban J connectivity index is 2.86. The molecule has 0 aliphatic heterocycles. The molecule has 1 amide bonds. The quantitative estimate of drug-likeness (QED) is 0.630. The number of nitriles is 2. The number of nitrogens with zero attached hydrogens (tertiary/aromatic N) is 3. The van der Waals surface area contributed by atoms with E-state index in [-0.39, 0.29) is 19.0 Å². The summed E-state index contributed by atoms with van der Waals surface area (Å²) >= 11 is 3.32. The van der Waals surface area contributed by atoms with Crippen LogP contribution in [0.5, 0.6) is 0 Å². The van der Waals surface area contributed by atoms with Crippen molar-refractivity contribution >= 4 is 21.8 Å². The van der Waals surface area contributed by atoms with Crippen LogP contribution in [0.1, 0.15) is 15.9 Å². The van der Waals surface area contributed by atoms with Crippen molar-refractivity contribution in [2.75, 3.05) is 13.1 Å². The summed E-state index contributed by atoms with van der Waals surface area (Å²) in [6.07, 6.45) is 0. The number of alkyl halides is 1. The van der Waals surface area contributed by atoms with Gasteiger partial charge in [0.15, 0.2) is 0 Å². The third-order valence-corrected chi connectivity index (χ3v) is 2.81. The van der Waals surface area contributed by atoms with Crippen LogP contribution >= 0.6 is 15.9 Å². The van der Waals surface area contributed by atoms with Crippen molar-refractivity contribution in [1.29, 1.82) is 10.5 Å². The van der Waals surface area contributed by atoms with Gasteiger partial charge in [-0.2, -0.15) is 10.5 Å². The highest BCUT2D eigenvalue weighted by Crippen LogP contribution is 2.10. The van der Waals surface area contributed by atoms with Crippen LogP contribution in [0.15, 0.2) is 24.3 Å². The minimum atomic E-state index is -0.297. The zero-order valence-corrected chi connectivity index (χ0v) is 10.6. The molecule has 0 aliphatic rings. The SMILES string of the molecule is N#CCN(CC#N)C(=O)c1ccc(CBr)cc1. The van der Waals surface area contributed by atoms with Crippen LogP contribution < -0.4 is 0 Å². The van der Waals surface area contributed by atoms with Crippen LogP contribution in [-0.2, 0) is 5.33 Å². The summed E-state index contributed by atoms with van der Waals surface area (Å²) in [5, 5.41) is 17.9. The largest absolute Gasteiger partial charge is 0.312 e. The zero-order chi connectivity index (χ0) is 12.7. The molecule has 1 aromatic carbocycles. The fraction of sp³-hybridized carbons (Fsp3) is 0.250. The maximum Gasteiger partial charge on any atom is 0.255 e. The minimum Gasteiger partial charge on any atom is -0.312 e. The van der Waals surface area contributed by atoms with Crippen molar-refractivity contribution < 1.29 is 4.79 Å². The number of carbonyl (C=O) groups is 1. The van der Waals surface area contributed by atoms with Crippen molar-refractivity contribution in [3.63, 3.8) is 0 Å². The molecule has 0 aromatic heterocycles.